The number of benzene rings is 1. The Morgan fingerprint density at radius 3 is 3.12 bits per heavy atom. The minimum Gasteiger partial charge on any atom is -0.367 e. The number of nitrogens with two attached hydrogens (primary N) is 1. The van der Waals surface area contributed by atoms with Gasteiger partial charge < -0.3 is 5.73 Å². The van der Waals surface area contributed by atoms with Gasteiger partial charge in [0.2, 0.25) is 5.95 Å². The zero-order chi connectivity index (χ0) is 11.0. The van der Waals surface area contributed by atoms with Gasteiger partial charge in [-0.15, -0.1) is 16.9 Å². The standard InChI is InChI=1S/C11H12N4S/c12-11-13-7-15(14-11)5-8-6-16-10-4-2-1-3-9(8)10/h1-4,7-8H,5-6H2,(H2,12,14). The Morgan fingerprint density at radius 1 is 1.44 bits per heavy atom. The highest BCUT2D eigenvalue weighted by Gasteiger charge is 2.23. The minimum atomic E-state index is 0.346. The number of rotatable bonds is 2. The van der Waals surface area contributed by atoms with Crippen molar-refractivity contribution in [2.45, 2.75) is 17.4 Å². The SMILES string of the molecule is Nc1ncn(CC2CSc3ccccc32)n1. The molecule has 0 fully saturated rings. The third-order valence-corrected chi connectivity index (χ3v) is 4.01. The van der Waals surface area contributed by atoms with Crippen LogP contribution < -0.4 is 5.73 Å². The largest absolute Gasteiger partial charge is 0.367 e. The second-order valence-corrected chi connectivity index (χ2v) is 4.93. The fourth-order valence-electron chi connectivity index (χ4n) is 2.00. The summed E-state index contributed by atoms with van der Waals surface area (Å²) in [6, 6.07) is 8.55. The van der Waals surface area contributed by atoms with Crippen molar-refractivity contribution in [2.24, 2.45) is 0 Å². The lowest BCUT2D eigenvalue weighted by atomic mass is 10.0. The van der Waals surface area contributed by atoms with Crippen molar-refractivity contribution in [1.82, 2.24) is 14.8 Å². The van der Waals surface area contributed by atoms with Crippen LogP contribution in [-0.4, -0.2) is 20.5 Å². The van der Waals surface area contributed by atoms with Crippen LogP contribution in [0.1, 0.15) is 11.5 Å². The van der Waals surface area contributed by atoms with Gasteiger partial charge in [-0.05, 0) is 11.6 Å². The summed E-state index contributed by atoms with van der Waals surface area (Å²) in [5, 5.41) is 4.12. The first-order valence-electron chi connectivity index (χ1n) is 5.19. The fourth-order valence-corrected chi connectivity index (χ4v) is 3.25. The summed E-state index contributed by atoms with van der Waals surface area (Å²) in [4.78, 5) is 5.33. The Balaban J connectivity index is 1.83. The van der Waals surface area contributed by atoms with Crippen LogP contribution in [0, 0.1) is 0 Å². The topological polar surface area (TPSA) is 56.7 Å². The molecule has 3 rings (SSSR count). The highest BCUT2D eigenvalue weighted by Crippen LogP contribution is 2.39. The van der Waals surface area contributed by atoms with Crippen LogP contribution in [-0.2, 0) is 6.54 Å². The predicted octanol–water partition coefficient (Wildman–Crippen LogP) is 1.75. The van der Waals surface area contributed by atoms with Crippen molar-refractivity contribution < 1.29 is 0 Å². The van der Waals surface area contributed by atoms with E-state index in [1.807, 2.05) is 16.4 Å². The maximum absolute atomic E-state index is 5.50. The number of fused-ring (bicyclic) bond motifs is 1. The van der Waals surface area contributed by atoms with E-state index < -0.39 is 0 Å². The molecule has 0 spiro atoms. The van der Waals surface area contributed by atoms with Crippen LogP contribution >= 0.6 is 11.8 Å². The molecule has 4 nitrogen and oxygen atoms in total. The van der Waals surface area contributed by atoms with Gasteiger partial charge in [0.1, 0.15) is 6.33 Å². The molecule has 1 unspecified atom stereocenters. The molecule has 0 saturated heterocycles. The van der Waals surface area contributed by atoms with Crippen LogP contribution in [0.5, 0.6) is 0 Å². The zero-order valence-corrected chi connectivity index (χ0v) is 9.52. The summed E-state index contributed by atoms with van der Waals surface area (Å²) in [6.07, 6.45) is 1.70. The van der Waals surface area contributed by atoms with Crippen LogP contribution in [0.3, 0.4) is 0 Å². The Labute approximate surface area is 97.9 Å². The summed E-state index contributed by atoms with van der Waals surface area (Å²) < 4.78 is 1.82. The third-order valence-electron chi connectivity index (χ3n) is 2.76. The van der Waals surface area contributed by atoms with Crippen molar-refractivity contribution in [2.75, 3.05) is 11.5 Å². The number of aromatic nitrogens is 3. The number of nitrogens with zero attached hydrogens (tertiary/aromatic N) is 3. The first-order chi connectivity index (χ1) is 7.83. The lowest BCUT2D eigenvalue weighted by Crippen LogP contribution is -2.09. The molecule has 82 valence electrons. The van der Waals surface area contributed by atoms with E-state index in [2.05, 4.69) is 34.3 Å². The molecule has 16 heavy (non-hydrogen) atoms. The van der Waals surface area contributed by atoms with E-state index in [-0.39, 0.29) is 0 Å². The number of anilines is 1. The summed E-state index contributed by atoms with van der Waals surface area (Å²) >= 11 is 1.91. The van der Waals surface area contributed by atoms with Crippen molar-refractivity contribution >= 4 is 17.7 Å². The van der Waals surface area contributed by atoms with Crippen LogP contribution in [0.4, 0.5) is 5.95 Å². The molecule has 2 aromatic rings. The first-order valence-corrected chi connectivity index (χ1v) is 6.18. The van der Waals surface area contributed by atoms with Gasteiger partial charge in [0.05, 0.1) is 6.54 Å². The molecule has 0 saturated carbocycles. The highest BCUT2D eigenvalue weighted by atomic mass is 32.2. The van der Waals surface area contributed by atoms with E-state index in [4.69, 9.17) is 5.73 Å². The molecule has 1 aromatic carbocycles. The zero-order valence-electron chi connectivity index (χ0n) is 8.71. The molecule has 2 N–H and O–H groups in total. The van der Waals surface area contributed by atoms with Crippen molar-refractivity contribution in [3.8, 4) is 0 Å². The van der Waals surface area contributed by atoms with E-state index in [1.165, 1.54) is 10.5 Å². The van der Waals surface area contributed by atoms with Gasteiger partial charge in [-0.25, -0.2) is 4.98 Å². The summed E-state index contributed by atoms with van der Waals surface area (Å²) in [5.41, 5.74) is 6.92. The molecule has 1 aliphatic heterocycles. The number of thioether (sulfide) groups is 1. The van der Waals surface area contributed by atoms with Gasteiger partial charge in [0.25, 0.3) is 0 Å². The van der Waals surface area contributed by atoms with E-state index >= 15 is 0 Å². The highest BCUT2D eigenvalue weighted by molar-refractivity contribution is 7.99. The van der Waals surface area contributed by atoms with Gasteiger partial charge in [-0.1, -0.05) is 18.2 Å². The normalized spacial score (nSPS) is 18.6. The Bertz CT molecular complexity index is 508. The second-order valence-electron chi connectivity index (χ2n) is 3.87. The van der Waals surface area contributed by atoms with Crippen LogP contribution in [0.2, 0.25) is 0 Å². The molecular formula is C11H12N4S. The Kier molecular flexibility index (Phi) is 2.32. The maximum atomic E-state index is 5.50. The smallest absolute Gasteiger partial charge is 0.239 e. The molecule has 0 amide bonds. The molecule has 0 aliphatic carbocycles. The Morgan fingerprint density at radius 2 is 2.31 bits per heavy atom. The van der Waals surface area contributed by atoms with Crippen LogP contribution in [0.15, 0.2) is 35.5 Å². The monoisotopic (exact) mass is 232 g/mol. The molecule has 0 bridgehead atoms. The van der Waals surface area contributed by atoms with Gasteiger partial charge in [0.15, 0.2) is 0 Å². The van der Waals surface area contributed by atoms with E-state index in [9.17, 15) is 0 Å². The van der Waals surface area contributed by atoms with Gasteiger partial charge in [-0.2, -0.15) is 0 Å². The van der Waals surface area contributed by atoms with Gasteiger partial charge in [0, 0.05) is 16.6 Å². The van der Waals surface area contributed by atoms with Crippen LogP contribution in [0.25, 0.3) is 0 Å². The molecule has 1 atom stereocenters. The van der Waals surface area contributed by atoms with E-state index in [0.717, 1.165) is 12.3 Å². The number of hydrogen-bond donors (Lipinski definition) is 1. The summed E-state index contributed by atoms with van der Waals surface area (Å²) in [7, 11) is 0. The summed E-state index contributed by atoms with van der Waals surface area (Å²) in [6.45, 7) is 0.855. The average molecular weight is 232 g/mol. The number of nitrogen functional groups attached to an aromatic ring is 1. The molecule has 2 heterocycles. The van der Waals surface area contributed by atoms with Crippen molar-refractivity contribution in [3.05, 3.63) is 36.2 Å². The van der Waals surface area contributed by atoms with Crippen molar-refractivity contribution in [1.29, 1.82) is 0 Å². The Hall–Kier alpha value is -1.49. The molecule has 0 radical (unpaired) electrons. The minimum absolute atomic E-state index is 0.346. The quantitative estimate of drug-likeness (QED) is 0.857. The third kappa shape index (κ3) is 1.67. The fraction of sp³-hybridized carbons (Fsp3) is 0.273. The molecule has 1 aliphatic rings. The molecule has 1 aromatic heterocycles. The van der Waals surface area contributed by atoms with Crippen molar-refractivity contribution in [3.63, 3.8) is 0 Å². The average Bonchev–Trinajstić information content (AvgIpc) is 2.87. The lowest BCUT2D eigenvalue weighted by molar-refractivity contribution is 0.549. The van der Waals surface area contributed by atoms with E-state index in [1.54, 1.807) is 6.33 Å². The van der Waals surface area contributed by atoms with Gasteiger partial charge >= 0.3 is 0 Å². The first kappa shape index (κ1) is 9.72. The summed E-state index contributed by atoms with van der Waals surface area (Å²) in [5.74, 6) is 1.97. The predicted molar refractivity (Wildman–Crippen MR) is 64.3 cm³/mol. The van der Waals surface area contributed by atoms with E-state index in [0.29, 0.717) is 11.9 Å². The maximum Gasteiger partial charge on any atom is 0.239 e. The number of hydrogen-bond acceptors (Lipinski definition) is 4. The molecule has 5 heteroatoms. The molecular weight excluding hydrogens is 220 g/mol. The second kappa shape index (κ2) is 3.83. The van der Waals surface area contributed by atoms with Gasteiger partial charge in [-0.3, -0.25) is 4.68 Å². The lowest BCUT2D eigenvalue weighted by Gasteiger charge is -2.09.